The van der Waals surface area contributed by atoms with Crippen molar-refractivity contribution < 1.29 is 14.3 Å². The Hall–Kier alpha value is -2.69. The molecule has 5 nitrogen and oxygen atoms in total. The topological polar surface area (TPSA) is 50.8 Å². The predicted molar refractivity (Wildman–Crippen MR) is 91.6 cm³/mol. The number of fused-ring (bicyclic) bond motifs is 4. The number of amides is 2. The van der Waals surface area contributed by atoms with E-state index in [-0.39, 0.29) is 12.1 Å². The summed E-state index contributed by atoms with van der Waals surface area (Å²) in [6.07, 6.45) is 0.673. The zero-order valence-corrected chi connectivity index (χ0v) is 14.0. The van der Waals surface area contributed by atoms with Crippen LogP contribution in [0.2, 0.25) is 0 Å². The quantitative estimate of drug-likeness (QED) is 0.915. The number of rotatable bonds is 2. The smallest absolute Gasteiger partial charge is 0.325 e. The van der Waals surface area contributed by atoms with Gasteiger partial charge in [-0.25, -0.2) is 4.79 Å². The molecular weight excluding hydrogens is 304 g/mol. The number of carbonyl (C=O) groups is 1. The SMILES string of the molecule is COc1cccc2c1O[C@]1(C)C[C@@H]2NC(=O)N1c1ccc(C)cc1. The number of urea groups is 1. The largest absolute Gasteiger partial charge is 0.493 e. The lowest BCUT2D eigenvalue weighted by Gasteiger charge is -2.50. The van der Waals surface area contributed by atoms with E-state index in [1.165, 1.54) is 0 Å². The van der Waals surface area contributed by atoms with Crippen LogP contribution in [0.25, 0.3) is 0 Å². The number of carbonyl (C=O) groups excluding carboxylic acids is 1. The maximum atomic E-state index is 12.8. The van der Waals surface area contributed by atoms with E-state index >= 15 is 0 Å². The first-order chi connectivity index (χ1) is 11.5. The number of nitrogens with one attached hydrogen (secondary N) is 1. The van der Waals surface area contributed by atoms with Crippen LogP contribution in [0.3, 0.4) is 0 Å². The number of ether oxygens (including phenoxy) is 2. The Balaban J connectivity index is 1.81. The molecule has 0 aliphatic carbocycles. The van der Waals surface area contributed by atoms with Gasteiger partial charge in [-0.1, -0.05) is 29.8 Å². The molecule has 0 unspecified atom stereocenters. The normalized spacial score (nSPS) is 24.7. The van der Waals surface area contributed by atoms with Crippen molar-refractivity contribution in [3.63, 3.8) is 0 Å². The second kappa shape index (κ2) is 5.16. The Bertz CT molecular complexity index is 803. The van der Waals surface area contributed by atoms with Crippen molar-refractivity contribution in [3.05, 3.63) is 53.6 Å². The van der Waals surface area contributed by atoms with E-state index < -0.39 is 5.72 Å². The first-order valence-corrected chi connectivity index (χ1v) is 8.05. The van der Waals surface area contributed by atoms with Gasteiger partial charge < -0.3 is 14.8 Å². The van der Waals surface area contributed by atoms with E-state index in [0.29, 0.717) is 17.9 Å². The lowest BCUT2D eigenvalue weighted by molar-refractivity contribution is 0.0349. The third-order valence-corrected chi connectivity index (χ3v) is 4.78. The van der Waals surface area contributed by atoms with Crippen LogP contribution in [0, 0.1) is 6.92 Å². The molecule has 2 heterocycles. The van der Waals surface area contributed by atoms with E-state index in [0.717, 1.165) is 16.8 Å². The maximum absolute atomic E-state index is 12.8. The summed E-state index contributed by atoms with van der Waals surface area (Å²) in [4.78, 5) is 14.5. The highest BCUT2D eigenvalue weighted by Crippen LogP contribution is 2.48. The van der Waals surface area contributed by atoms with Crippen molar-refractivity contribution in [1.29, 1.82) is 0 Å². The van der Waals surface area contributed by atoms with Gasteiger partial charge in [0.1, 0.15) is 0 Å². The first-order valence-electron chi connectivity index (χ1n) is 8.05. The molecule has 2 bridgehead atoms. The monoisotopic (exact) mass is 324 g/mol. The molecule has 1 fully saturated rings. The third kappa shape index (κ3) is 2.12. The molecule has 0 saturated carbocycles. The minimum atomic E-state index is -0.760. The molecule has 1 saturated heterocycles. The molecule has 2 aromatic carbocycles. The van der Waals surface area contributed by atoms with Crippen molar-refractivity contribution in [2.24, 2.45) is 0 Å². The molecule has 124 valence electrons. The van der Waals surface area contributed by atoms with Crippen molar-refractivity contribution in [2.45, 2.75) is 32.0 Å². The van der Waals surface area contributed by atoms with Crippen LogP contribution in [-0.4, -0.2) is 18.9 Å². The summed E-state index contributed by atoms with van der Waals surface area (Å²) in [7, 11) is 1.63. The number of aryl methyl sites for hydroxylation is 1. The Morgan fingerprint density at radius 1 is 1.25 bits per heavy atom. The summed E-state index contributed by atoms with van der Waals surface area (Å²) in [6.45, 7) is 3.98. The van der Waals surface area contributed by atoms with Crippen LogP contribution < -0.4 is 19.7 Å². The lowest BCUT2D eigenvalue weighted by atomic mass is 9.90. The summed E-state index contributed by atoms with van der Waals surface area (Å²) in [5, 5.41) is 3.10. The molecule has 5 heteroatoms. The number of hydrogen-bond acceptors (Lipinski definition) is 3. The fourth-order valence-corrected chi connectivity index (χ4v) is 3.61. The van der Waals surface area contributed by atoms with Crippen LogP contribution in [-0.2, 0) is 0 Å². The van der Waals surface area contributed by atoms with Gasteiger partial charge in [-0.05, 0) is 32.0 Å². The van der Waals surface area contributed by atoms with Crippen LogP contribution in [0.1, 0.15) is 30.5 Å². The molecular formula is C19H20N2O3. The summed E-state index contributed by atoms with van der Waals surface area (Å²) in [5.74, 6) is 1.39. The van der Waals surface area contributed by atoms with Gasteiger partial charge in [0.2, 0.25) is 0 Å². The van der Waals surface area contributed by atoms with Crippen LogP contribution in [0.5, 0.6) is 11.5 Å². The standard InChI is InChI=1S/C19H20N2O3/c1-12-7-9-13(10-8-12)21-18(22)20-15-11-19(21,2)24-17-14(15)5-4-6-16(17)23-3/h4-10,15H,11H2,1-3H3,(H,20,22)/t15-,19+/m0/s1. The summed E-state index contributed by atoms with van der Waals surface area (Å²) < 4.78 is 11.8. The molecule has 0 radical (unpaired) electrons. The highest BCUT2D eigenvalue weighted by atomic mass is 16.5. The number of benzene rings is 2. The molecule has 2 atom stereocenters. The Morgan fingerprint density at radius 3 is 2.71 bits per heavy atom. The second-order valence-electron chi connectivity index (χ2n) is 6.53. The lowest BCUT2D eigenvalue weighted by Crippen LogP contribution is -2.65. The highest BCUT2D eigenvalue weighted by Gasteiger charge is 2.50. The van der Waals surface area contributed by atoms with Gasteiger partial charge in [0.15, 0.2) is 17.2 Å². The Labute approximate surface area is 141 Å². The van der Waals surface area contributed by atoms with Gasteiger partial charge in [0.25, 0.3) is 0 Å². The Kier molecular flexibility index (Phi) is 3.20. The van der Waals surface area contributed by atoms with Gasteiger partial charge in [0, 0.05) is 17.7 Å². The zero-order chi connectivity index (χ0) is 16.9. The fraction of sp³-hybridized carbons (Fsp3) is 0.316. The summed E-state index contributed by atoms with van der Waals surface area (Å²) in [6, 6.07) is 13.4. The molecule has 1 N–H and O–H groups in total. The molecule has 24 heavy (non-hydrogen) atoms. The first kappa shape index (κ1) is 14.9. The molecule has 0 spiro atoms. The van der Waals surface area contributed by atoms with Gasteiger partial charge in [-0.2, -0.15) is 0 Å². The number of hydrogen-bond donors (Lipinski definition) is 1. The summed E-state index contributed by atoms with van der Waals surface area (Å²) in [5.41, 5.74) is 2.17. The van der Waals surface area contributed by atoms with Crippen molar-refractivity contribution >= 4 is 11.7 Å². The number of nitrogens with zero attached hydrogens (tertiary/aromatic N) is 1. The average Bonchev–Trinajstić information content (AvgIpc) is 2.55. The molecule has 0 aromatic heterocycles. The number of anilines is 1. The molecule has 2 amide bonds. The second-order valence-corrected chi connectivity index (χ2v) is 6.53. The predicted octanol–water partition coefficient (Wildman–Crippen LogP) is 3.77. The molecule has 2 aliphatic rings. The number of para-hydroxylation sites is 1. The molecule has 2 aliphatic heterocycles. The van der Waals surface area contributed by atoms with E-state index in [1.807, 2.05) is 56.3 Å². The van der Waals surface area contributed by atoms with E-state index in [1.54, 1.807) is 12.0 Å². The third-order valence-electron chi connectivity index (χ3n) is 4.78. The maximum Gasteiger partial charge on any atom is 0.325 e. The van der Waals surface area contributed by atoms with Gasteiger partial charge in [-0.3, -0.25) is 4.90 Å². The van der Waals surface area contributed by atoms with E-state index in [2.05, 4.69) is 5.32 Å². The van der Waals surface area contributed by atoms with Crippen molar-refractivity contribution in [3.8, 4) is 11.5 Å². The van der Waals surface area contributed by atoms with Crippen molar-refractivity contribution in [1.82, 2.24) is 5.32 Å². The minimum Gasteiger partial charge on any atom is -0.493 e. The van der Waals surface area contributed by atoms with E-state index in [4.69, 9.17) is 9.47 Å². The van der Waals surface area contributed by atoms with Gasteiger partial charge in [-0.15, -0.1) is 0 Å². The molecule has 2 aromatic rings. The van der Waals surface area contributed by atoms with Gasteiger partial charge >= 0.3 is 6.03 Å². The minimum absolute atomic E-state index is 0.0805. The zero-order valence-electron chi connectivity index (χ0n) is 14.0. The van der Waals surface area contributed by atoms with E-state index in [9.17, 15) is 4.79 Å². The fourth-order valence-electron chi connectivity index (χ4n) is 3.61. The molecule has 4 rings (SSSR count). The highest BCUT2D eigenvalue weighted by molar-refractivity contribution is 5.95. The summed E-state index contributed by atoms with van der Waals surface area (Å²) >= 11 is 0. The number of methoxy groups -OCH3 is 1. The van der Waals surface area contributed by atoms with Crippen LogP contribution in [0.4, 0.5) is 10.5 Å². The van der Waals surface area contributed by atoms with Crippen LogP contribution >= 0.6 is 0 Å². The van der Waals surface area contributed by atoms with Crippen molar-refractivity contribution in [2.75, 3.05) is 12.0 Å². The Morgan fingerprint density at radius 2 is 2.00 bits per heavy atom. The average molecular weight is 324 g/mol. The van der Waals surface area contributed by atoms with Crippen LogP contribution in [0.15, 0.2) is 42.5 Å². The van der Waals surface area contributed by atoms with Gasteiger partial charge in [0.05, 0.1) is 13.2 Å².